The van der Waals surface area contributed by atoms with E-state index in [0.717, 1.165) is 22.8 Å². The standard InChI is InChI=1S/C20H22N6O2S/c1-12-13(2)26(11-15-4-3-8-28-15)19(16(12)10-21)22-17(27)7-9-29-20-23-18(24-25-20)14-5-6-14/h3-4,8,14H,5-7,9,11H2,1-2H3,(H,22,27)(H,23,24,25). The Morgan fingerprint density at radius 1 is 1.48 bits per heavy atom. The number of aromatic nitrogens is 4. The third-order valence-corrected chi connectivity index (χ3v) is 5.95. The minimum atomic E-state index is -0.148. The number of hydrogen-bond acceptors (Lipinski definition) is 6. The van der Waals surface area contributed by atoms with E-state index in [2.05, 4.69) is 26.6 Å². The van der Waals surface area contributed by atoms with E-state index in [9.17, 15) is 10.1 Å². The lowest BCUT2D eigenvalue weighted by atomic mass is 10.2. The van der Waals surface area contributed by atoms with E-state index in [1.54, 1.807) is 6.26 Å². The summed E-state index contributed by atoms with van der Waals surface area (Å²) in [6.45, 7) is 4.27. The quantitative estimate of drug-likeness (QED) is 0.547. The number of hydrogen-bond donors (Lipinski definition) is 2. The summed E-state index contributed by atoms with van der Waals surface area (Å²) >= 11 is 1.45. The zero-order valence-electron chi connectivity index (χ0n) is 16.4. The average Bonchev–Trinajstić information content (AvgIpc) is 3.14. The van der Waals surface area contributed by atoms with Gasteiger partial charge in [0.25, 0.3) is 0 Å². The Kier molecular flexibility index (Phi) is 5.45. The summed E-state index contributed by atoms with van der Waals surface area (Å²) in [7, 11) is 0. The van der Waals surface area contributed by atoms with Crippen LogP contribution in [0.1, 0.15) is 53.6 Å². The summed E-state index contributed by atoms with van der Waals surface area (Å²) < 4.78 is 7.35. The van der Waals surface area contributed by atoms with Gasteiger partial charge in [0, 0.05) is 23.8 Å². The molecule has 3 heterocycles. The zero-order valence-corrected chi connectivity index (χ0v) is 17.2. The van der Waals surface area contributed by atoms with Crippen molar-refractivity contribution in [1.82, 2.24) is 19.7 Å². The molecule has 150 valence electrons. The molecule has 0 atom stereocenters. The van der Waals surface area contributed by atoms with Gasteiger partial charge < -0.3 is 14.3 Å². The van der Waals surface area contributed by atoms with Crippen LogP contribution in [-0.4, -0.2) is 31.4 Å². The number of furan rings is 1. The predicted molar refractivity (Wildman–Crippen MR) is 109 cm³/mol. The van der Waals surface area contributed by atoms with E-state index < -0.39 is 0 Å². The summed E-state index contributed by atoms with van der Waals surface area (Å²) in [5.74, 6) is 3.16. The number of nitrogens with zero attached hydrogens (tertiary/aromatic N) is 4. The second-order valence-electron chi connectivity index (χ2n) is 7.14. The maximum Gasteiger partial charge on any atom is 0.226 e. The van der Waals surface area contributed by atoms with Crippen LogP contribution in [0.3, 0.4) is 0 Å². The van der Waals surface area contributed by atoms with Crippen molar-refractivity contribution >= 4 is 23.5 Å². The molecule has 29 heavy (non-hydrogen) atoms. The molecule has 0 bridgehead atoms. The highest BCUT2D eigenvalue weighted by molar-refractivity contribution is 7.99. The first kappa shape index (κ1) is 19.3. The first-order chi connectivity index (χ1) is 14.1. The molecule has 1 amide bonds. The summed E-state index contributed by atoms with van der Waals surface area (Å²) in [5, 5.41) is 20.3. The van der Waals surface area contributed by atoms with E-state index in [4.69, 9.17) is 4.42 Å². The third-order valence-electron chi connectivity index (χ3n) is 5.10. The van der Waals surface area contributed by atoms with Crippen LogP contribution in [-0.2, 0) is 11.3 Å². The smallest absolute Gasteiger partial charge is 0.226 e. The molecule has 4 rings (SSSR count). The van der Waals surface area contributed by atoms with E-state index in [-0.39, 0.29) is 5.91 Å². The van der Waals surface area contributed by atoms with Crippen LogP contribution in [0.4, 0.5) is 5.82 Å². The highest BCUT2D eigenvalue weighted by Crippen LogP contribution is 2.38. The van der Waals surface area contributed by atoms with Crippen molar-refractivity contribution in [2.75, 3.05) is 11.1 Å². The molecule has 9 heteroatoms. The topological polar surface area (TPSA) is 113 Å². The molecule has 2 N–H and O–H groups in total. The van der Waals surface area contributed by atoms with Crippen molar-refractivity contribution < 1.29 is 9.21 Å². The highest BCUT2D eigenvalue weighted by Gasteiger charge is 2.27. The van der Waals surface area contributed by atoms with E-state index in [1.807, 2.05) is 30.5 Å². The van der Waals surface area contributed by atoms with Gasteiger partial charge in [-0.1, -0.05) is 11.8 Å². The molecular formula is C20H22N6O2S. The molecule has 0 aromatic carbocycles. The molecule has 8 nitrogen and oxygen atoms in total. The van der Waals surface area contributed by atoms with E-state index in [1.165, 1.54) is 24.6 Å². The van der Waals surface area contributed by atoms with Crippen LogP contribution in [0.2, 0.25) is 0 Å². The summed E-state index contributed by atoms with van der Waals surface area (Å²) in [6.07, 6.45) is 4.24. The van der Waals surface area contributed by atoms with E-state index in [0.29, 0.717) is 41.2 Å². The molecule has 0 aliphatic heterocycles. The number of carbonyl (C=O) groups excluding carboxylic acids is 1. The number of anilines is 1. The molecule has 1 aliphatic carbocycles. The summed E-state index contributed by atoms with van der Waals surface area (Å²) in [5.41, 5.74) is 2.27. The molecule has 0 saturated heterocycles. The van der Waals surface area contributed by atoms with Gasteiger partial charge in [-0.05, 0) is 44.4 Å². The van der Waals surface area contributed by atoms with Crippen LogP contribution >= 0.6 is 11.8 Å². The first-order valence-electron chi connectivity index (χ1n) is 9.54. The Morgan fingerprint density at radius 3 is 3.00 bits per heavy atom. The largest absolute Gasteiger partial charge is 0.467 e. The van der Waals surface area contributed by atoms with Crippen molar-refractivity contribution in [3.05, 3.63) is 46.8 Å². The fraction of sp³-hybridized carbons (Fsp3) is 0.400. The Balaban J connectivity index is 1.41. The van der Waals surface area contributed by atoms with Crippen molar-refractivity contribution in [3.63, 3.8) is 0 Å². The minimum absolute atomic E-state index is 0.148. The van der Waals surface area contributed by atoms with Gasteiger partial charge in [0.2, 0.25) is 11.1 Å². The maximum absolute atomic E-state index is 12.6. The van der Waals surface area contributed by atoms with Gasteiger partial charge in [-0.3, -0.25) is 9.89 Å². The number of nitrogens with one attached hydrogen (secondary N) is 2. The van der Waals surface area contributed by atoms with Crippen LogP contribution in [0.25, 0.3) is 0 Å². The number of thioether (sulfide) groups is 1. The van der Waals surface area contributed by atoms with Crippen LogP contribution in [0.15, 0.2) is 28.0 Å². The fourth-order valence-corrected chi connectivity index (χ4v) is 3.92. The number of carbonyl (C=O) groups is 1. The molecular weight excluding hydrogens is 388 g/mol. The number of aromatic amines is 1. The Hall–Kier alpha value is -2.99. The molecule has 1 aliphatic rings. The van der Waals surface area contributed by atoms with E-state index >= 15 is 0 Å². The van der Waals surface area contributed by atoms with Crippen molar-refractivity contribution in [2.24, 2.45) is 0 Å². The molecule has 0 radical (unpaired) electrons. The van der Waals surface area contributed by atoms with Gasteiger partial charge >= 0.3 is 0 Å². The summed E-state index contributed by atoms with van der Waals surface area (Å²) in [6, 6.07) is 5.91. The molecule has 0 spiro atoms. The maximum atomic E-state index is 12.6. The molecule has 3 aromatic rings. The predicted octanol–water partition coefficient (Wildman–Crippen LogP) is 3.73. The Labute approximate surface area is 172 Å². The minimum Gasteiger partial charge on any atom is -0.467 e. The number of H-pyrrole nitrogens is 1. The van der Waals surface area contributed by atoms with Crippen molar-refractivity contribution in [2.45, 2.75) is 50.7 Å². The SMILES string of the molecule is Cc1c(C#N)c(NC(=O)CCSc2n[nH]c(C3CC3)n2)n(Cc2ccco2)c1C. The van der Waals surface area contributed by atoms with Crippen molar-refractivity contribution in [1.29, 1.82) is 5.26 Å². The second-order valence-corrected chi connectivity index (χ2v) is 8.20. The number of amides is 1. The van der Waals surface area contributed by atoms with Gasteiger partial charge in [-0.25, -0.2) is 4.98 Å². The molecule has 1 fully saturated rings. The number of nitriles is 1. The van der Waals surface area contributed by atoms with Gasteiger partial charge in [0.15, 0.2) is 0 Å². The molecule has 1 saturated carbocycles. The Bertz CT molecular complexity index is 1060. The third kappa shape index (κ3) is 4.22. The van der Waals surface area contributed by atoms with Crippen LogP contribution in [0.5, 0.6) is 0 Å². The first-order valence-corrected chi connectivity index (χ1v) is 10.5. The zero-order chi connectivity index (χ0) is 20.4. The van der Waals surface area contributed by atoms with Crippen molar-refractivity contribution in [3.8, 4) is 6.07 Å². The second kappa shape index (κ2) is 8.17. The lowest BCUT2D eigenvalue weighted by Crippen LogP contribution is -2.17. The van der Waals surface area contributed by atoms with Gasteiger partial charge in [-0.2, -0.15) is 5.26 Å². The fourth-order valence-electron chi connectivity index (χ4n) is 3.18. The molecule has 3 aromatic heterocycles. The Morgan fingerprint density at radius 2 is 2.31 bits per heavy atom. The average molecular weight is 411 g/mol. The van der Waals surface area contributed by atoms with Crippen LogP contribution < -0.4 is 5.32 Å². The summed E-state index contributed by atoms with van der Waals surface area (Å²) in [4.78, 5) is 17.0. The highest BCUT2D eigenvalue weighted by atomic mass is 32.2. The van der Waals surface area contributed by atoms with Crippen LogP contribution in [0, 0.1) is 25.2 Å². The number of rotatable bonds is 8. The monoisotopic (exact) mass is 410 g/mol. The van der Waals surface area contributed by atoms with Gasteiger partial charge in [0.05, 0.1) is 18.4 Å². The lowest BCUT2D eigenvalue weighted by molar-refractivity contribution is -0.115. The van der Waals surface area contributed by atoms with Gasteiger partial charge in [-0.15, -0.1) is 5.10 Å². The van der Waals surface area contributed by atoms with Gasteiger partial charge in [0.1, 0.15) is 23.5 Å². The molecule has 0 unspecified atom stereocenters. The normalized spacial score (nSPS) is 13.4. The lowest BCUT2D eigenvalue weighted by Gasteiger charge is -2.11.